The number of carbonyl (C=O) groups excluding carboxylic acids is 1. The molecule has 0 bridgehead atoms. The second kappa shape index (κ2) is 6.14. The highest BCUT2D eigenvalue weighted by Crippen LogP contribution is 2.10. The molecule has 1 N–H and O–H groups in total. The maximum Gasteiger partial charge on any atom is 0.129 e. The fraction of sp³-hybridized carbons (Fsp3) is 0.909. The topological polar surface area (TPSA) is 32.3 Å². The van der Waals surface area contributed by atoms with E-state index in [0.717, 1.165) is 38.5 Å². The molecular formula is C11H22N2O. The van der Waals surface area contributed by atoms with Crippen molar-refractivity contribution in [2.75, 3.05) is 26.7 Å². The van der Waals surface area contributed by atoms with E-state index >= 15 is 0 Å². The predicted octanol–water partition coefficient (Wildman–Crippen LogP) is 1.04. The highest BCUT2D eigenvalue weighted by molar-refractivity contribution is 5.75. The Kier molecular flexibility index (Phi) is 5.12. The van der Waals surface area contributed by atoms with Gasteiger partial charge >= 0.3 is 0 Å². The number of hydrogen-bond donors (Lipinski definition) is 1. The summed E-state index contributed by atoms with van der Waals surface area (Å²) in [4.78, 5) is 13.2. The quantitative estimate of drug-likeness (QED) is 0.716. The van der Waals surface area contributed by atoms with Crippen molar-refractivity contribution in [2.24, 2.45) is 0 Å². The molecule has 1 saturated heterocycles. The molecule has 0 aromatic heterocycles. The van der Waals surface area contributed by atoms with E-state index in [2.05, 4.69) is 17.3 Å². The minimum absolute atomic E-state index is 0.309. The van der Waals surface area contributed by atoms with Crippen LogP contribution < -0.4 is 5.32 Å². The van der Waals surface area contributed by atoms with Gasteiger partial charge in [0.1, 0.15) is 5.78 Å². The third kappa shape index (κ3) is 4.20. The van der Waals surface area contributed by atoms with Crippen molar-refractivity contribution in [1.82, 2.24) is 10.2 Å². The standard InChI is InChI=1S/C11H22N2O/c1-10(14)4-3-9-13(2)11-5-7-12-8-6-11/h11-12H,3-9H2,1-2H3. The van der Waals surface area contributed by atoms with Crippen LogP contribution in [0.5, 0.6) is 0 Å². The first-order valence-corrected chi connectivity index (χ1v) is 5.60. The highest BCUT2D eigenvalue weighted by Gasteiger charge is 2.16. The normalized spacial score (nSPS) is 18.8. The summed E-state index contributed by atoms with van der Waals surface area (Å²) >= 11 is 0. The molecule has 0 radical (unpaired) electrons. The van der Waals surface area contributed by atoms with Crippen LogP contribution >= 0.6 is 0 Å². The van der Waals surface area contributed by atoms with E-state index in [-0.39, 0.29) is 0 Å². The van der Waals surface area contributed by atoms with Crippen molar-refractivity contribution in [2.45, 2.75) is 38.6 Å². The van der Waals surface area contributed by atoms with Gasteiger partial charge in [0.2, 0.25) is 0 Å². The lowest BCUT2D eigenvalue weighted by Gasteiger charge is -2.31. The molecule has 1 fully saturated rings. The third-order valence-electron chi connectivity index (χ3n) is 2.97. The first-order valence-electron chi connectivity index (χ1n) is 5.60. The summed E-state index contributed by atoms with van der Waals surface area (Å²) in [5.74, 6) is 0.309. The summed E-state index contributed by atoms with van der Waals surface area (Å²) in [6.45, 7) is 5.01. The fourth-order valence-electron chi connectivity index (χ4n) is 2.01. The first-order chi connectivity index (χ1) is 6.70. The molecule has 0 atom stereocenters. The van der Waals surface area contributed by atoms with Crippen LogP contribution in [0.1, 0.15) is 32.6 Å². The van der Waals surface area contributed by atoms with Gasteiger partial charge in [-0.05, 0) is 52.9 Å². The monoisotopic (exact) mass is 198 g/mol. The molecule has 0 unspecified atom stereocenters. The summed E-state index contributed by atoms with van der Waals surface area (Å²) in [6.07, 6.45) is 4.23. The van der Waals surface area contributed by atoms with Crippen LogP contribution in [0.4, 0.5) is 0 Å². The molecule has 1 heterocycles. The number of ketones is 1. The maximum absolute atomic E-state index is 10.8. The third-order valence-corrected chi connectivity index (χ3v) is 2.97. The molecule has 1 rings (SSSR count). The van der Waals surface area contributed by atoms with Crippen LogP contribution in [0.3, 0.4) is 0 Å². The van der Waals surface area contributed by atoms with Gasteiger partial charge in [-0.2, -0.15) is 0 Å². The van der Waals surface area contributed by atoms with Gasteiger partial charge in [0.05, 0.1) is 0 Å². The fourth-order valence-corrected chi connectivity index (χ4v) is 2.01. The van der Waals surface area contributed by atoms with Gasteiger partial charge in [-0.3, -0.25) is 0 Å². The molecule has 14 heavy (non-hydrogen) atoms. The minimum atomic E-state index is 0.309. The van der Waals surface area contributed by atoms with Crippen molar-refractivity contribution in [1.29, 1.82) is 0 Å². The predicted molar refractivity (Wildman–Crippen MR) is 58.4 cm³/mol. The van der Waals surface area contributed by atoms with E-state index in [4.69, 9.17) is 0 Å². The van der Waals surface area contributed by atoms with E-state index in [0.29, 0.717) is 5.78 Å². The number of rotatable bonds is 5. The summed E-state index contributed by atoms with van der Waals surface area (Å²) in [7, 11) is 2.18. The Morgan fingerprint density at radius 2 is 2.07 bits per heavy atom. The highest BCUT2D eigenvalue weighted by atomic mass is 16.1. The second-order valence-corrected chi connectivity index (χ2v) is 4.27. The molecule has 0 aliphatic carbocycles. The molecule has 0 amide bonds. The van der Waals surface area contributed by atoms with Crippen LogP contribution in [0.2, 0.25) is 0 Å². The van der Waals surface area contributed by atoms with Crippen molar-refractivity contribution in [3.05, 3.63) is 0 Å². The zero-order valence-electron chi connectivity index (χ0n) is 9.38. The average Bonchev–Trinajstić information content (AvgIpc) is 2.18. The molecular weight excluding hydrogens is 176 g/mol. The average molecular weight is 198 g/mol. The molecule has 1 aliphatic rings. The summed E-state index contributed by atoms with van der Waals surface area (Å²) in [5.41, 5.74) is 0. The first kappa shape index (κ1) is 11.7. The summed E-state index contributed by atoms with van der Waals surface area (Å²) < 4.78 is 0. The van der Waals surface area contributed by atoms with Crippen LogP contribution in [0.25, 0.3) is 0 Å². The number of piperidine rings is 1. The van der Waals surface area contributed by atoms with Gasteiger partial charge in [-0.15, -0.1) is 0 Å². The van der Waals surface area contributed by atoms with Gasteiger partial charge in [-0.25, -0.2) is 0 Å². The lowest BCUT2D eigenvalue weighted by Crippen LogP contribution is -2.41. The Balaban J connectivity index is 2.13. The number of carbonyl (C=O) groups is 1. The van der Waals surface area contributed by atoms with Crippen molar-refractivity contribution >= 4 is 5.78 Å². The van der Waals surface area contributed by atoms with Gasteiger partial charge in [0.25, 0.3) is 0 Å². The minimum Gasteiger partial charge on any atom is -0.317 e. The molecule has 0 aromatic rings. The van der Waals surface area contributed by atoms with Crippen molar-refractivity contribution < 1.29 is 4.79 Å². The van der Waals surface area contributed by atoms with E-state index in [9.17, 15) is 4.79 Å². The van der Waals surface area contributed by atoms with Gasteiger partial charge in [-0.1, -0.05) is 0 Å². The van der Waals surface area contributed by atoms with Crippen molar-refractivity contribution in [3.63, 3.8) is 0 Å². The van der Waals surface area contributed by atoms with Crippen molar-refractivity contribution in [3.8, 4) is 0 Å². The number of nitrogens with one attached hydrogen (secondary N) is 1. The molecule has 0 aromatic carbocycles. The molecule has 0 spiro atoms. The van der Waals surface area contributed by atoms with E-state index in [1.54, 1.807) is 6.92 Å². The zero-order valence-corrected chi connectivity index (χ0v) is 9.38. The molecule has 3 heteroatoms. The number of hydrogen-bond acceptors (Lipinski definition) is 3. The molecule has 0 saturated carbocycles. The number of Topliss-reactive ketones (excluding diaryl/α,β-unsaturated/α-hetero) is 1. The Hall–Kier alpha value is -0.410. The Morgan fingerprint density at radius 1 is 1.43 bits per heavy atom. The van der Waals surface area contributed by atoms with Gasteiger partial charge in [0, 0.05) is 12.5 Å². The van der Waals surface area contributed by atoms with Crippen LogP contribution in [-0.2, 0) is 4.79 Å². The lowest BCUT2D eigenvalue weighted by molar-refractivity contribution is -0.117. The van der Waals surface area contributed by atoms with Crippen LogP contribution in [0, 0.1) is 0 Å². The van der Waals surface area contributed by atoms with E-state index in [1.165, 1.54) is 12.8 Å². The van der Waals surface area contributed by atoms with E-state index < -0.39 is 0 Å². The lowest BCUT2D eigenvalue weighted by atomic mass is 10.0. The Bertz CT molecular complexity index is 176. The summed E-state index contributed by atoms with van der Waals surface area (Å²) in [6, 6.07) is 0.725. The maximum atomic E-state index is 10.8. The van der Waals surface area contributed by atoms with Crippen LogP contribution in [0.15, 0.2) is 0 Å². The largest absolute Gasteiger partial charge is 0.317 e. The Morgan fingerprint density at radius 3 is 2.64 bits per heavy atom. The Labute approximate surface area is 86.9 Å². The molecule has 82 valence electrons. The van der Waals surface area contributed by atoms with Gasteiger partial charge < -0.3 is 15.0 Å². The van der Waals surface area contributed by atoms with Gasteiger partial charge in [0.15, 0.2) is 0 Å². The van der Waals surface area contributed by atoms with Crippen LogP contribution in [-0.4, -0.2) is 43.4 Å². The molecule has 1 aliphatic heterocycles. The smallest absolute Gasteiger partial charge is 0.129 e. The SMILES string of the molecule is CC(=O)CCCN(C)C1CCNCC1. The second-order valence-electron chi connectivity index (χ2n) is 4.27. The molecule has 3 nitrogen and oxygen atoms in total. The summed E-state index contributed by atoms with van der Waals surface area (Å²) in [5, 5.41) is 3.36. The zero-order chi connectivity index (χ0) is 10.4. The van der Waals surface area contributed by atoms with E-state index in [1.807, 2.05) is 0 Å². The number of nitrogens with zero attached hydrogens (tertiary/aromatic N) is 1.